The first kappa shape index (κ1) is 23.8. The summed E-state index contributed by atoms with van der Waals surface area (Å²) in [5.74, 6) is 1.43. The quantitative estimate of drug-likeness (QED) is 0.381. The van der Waals surface area contributed by atoms with Gasteiger partial charge in [-0.2, -0.15) is 0 Å². The Balaban J connectivity index is 0.000000281. The summed E-state index contributed by atoms with van der Waals surface area (Å²) in [7, 11) is 0. The summed E-state index contributed by atoms with van der Waals surface area (Å²) in [5.41, 5.74) is 1.86. The lowest BCUT2D eigenvalue weighted by Crippen LogP contribution is -2.58. The molecule has 2 heterocycles. The summed E-state index contributed by atoms with van der Waals surface area (Å²) in [5, 5.41) is 24.2. The molecule has 5 aliphatic rings. The lowest BCUT2D eigenvalue weighted by molar-refractivity contribution is -0.134. The van der Waals surface area contributed by atoms with E-state index in [4.69, 9.17) is 14.9 Å². The molecule has 8 heteroatoms. The van der Waals surface area contributed by atoms with Gasteiger partial charge < -0.3 is 20.3 Å². The van der Waals surface area contributed by atoms with Gasteiger partial charge in [-0.15, -0.1) is 5.10 Å². The van der Waals surface area contributed by atoms with Gasteiger partial charge >= 0.3 is 11.9 Å². The van der Waals surface area contributed by atoms with Crippen molar-refractivity contribution in [2.45, 2.75) is 82.7 Å². The fourth-order valence-electron chi connectivity index (χ4n) is 6.69. The Morgan fingerprint density at radius 3 is 2.27 bits per heavy atom. The van der Waals surface area contributed by atoms with Crippen LogP contribution in [0.25, 0.3) is 0 Å². The van der Waals surface area contributed by atoms with Gasteiger partial charge in [0.2, 0.25) is 5.88 Å². The number of unbranched alkanes of at least 4 members (excludes halogenated alkanes) is 1. The predicted octanol–water partition coefficient (Wildman–Crippen LogP) is 3.65. The molecule has 6 rings (SSSR count). The summed E-state index contributed by atoms with van der Waals surface area (Å²) < 4.78 is 8.03. The van der Waals surface area contributed by atoms with Crippen LogP contribution in [-0.2, 0) is 22.6 Å². The number of hydrogen-bond donors (Lipinski definition) is 3. The fourth-order valence-corrected chi connectivity index (χ4v) is 6.69. The van der Waals surface area contributed by atoms with Crippen molar-refractivity contribution in [2.75, 3.05) is 13.2 Å². The van der Waals surface area contributed by atoms with E-state index in [1.54, 1.807) is 0 Å². The van der Waals surface area contributed by atoms with Crippen molar-refractivity contribution in [3.05, 3.63) is 23.9 Å². The zero-order chi connectivity index (χ0) is 23.3. The molecule has 3 N–H and O–H groups in total. The lowest BCUT2D eigenvalue weighted by Gasteiger charge is -2.57. The zero-order valence-electron chi connectivity index (χ0n) is 19.4. The van der Waals surface area contributed by atoms with E-state index >= 15 is 0 Å². The van der Waals surface area contributed by atoms with Gasteiger partial charge in [-0.3, -0.25) is 4.68 Å². The first-order valence-corrected chi connectivity index (χ1v) is 12.5. The maximum atomic E-state index is 9.55. The minimum absolute atomic E-state index is 0.512. The molecule has 0 aromatic carbocycles. The average Bonchev–Trinajstić information content (AvgIpc) is 3.17. The number of aliphatic carboxylic acids is 2. The molecule has 182 valence electrons. The predicted molar refractivity (Wildman–Crippen MR) is 123 cm³/mol. The third-order valence-corrected chi connectivity index (χ3v) is 7.62. The van der Waals surface area contributed by atoms with E-state index in [1.807, 2.05) is 0 Å². The van der Waals surface area contributed by atoms with Crippen molar-refractivity contribution < 1.29 is 24.5 Å². The molecule has 1 aromatic rings. The molecule has 0 saturated heterocycles. The second-order valence-corrected chi connectivity index (χ2v) is 10.3. The van der Waals surface area contributed by atoms with Crippen LogP contribution in [0.2, 0.25) is 0 Å². The molecule has 0 amide bonds. The Kier molecular flexibility index (Phi) is 7.73. The second kappa shape index (κ2) is 10.7. The number of fused-ring (bicyclic) bond motifs is 1. The molecule has 33 heavy (non-hydrogen) atoms. The van der Waals surface area contributed by atoms with E-state index in [0.29, 0.717) is 17.7 Å². The normalized spacial score (nSPS) is 29.4. The van der Waals surface area contributed by atoms with Crippen LogP contribution in [0.3, 0.4) is 0 Å². The van der Waals surface area contributed by atoms with Crippen LogP contribution in [0.15, 0.2) is 18.2 Å². The van der Waals surface area contributed by atoms with E-state index < -0.39 is 11.9 Å². The molecule has 0 radical (unpaired) electrons. The van der Waals surface area contributed by atoms with Gasteiger partial charge in [-0.25, -0.2) is 9.59 Å². The molecule has 0 spiro atoms. The Morgan fingerprint density at radius 2 is 1.70 bits per heavy atom. The van der Waals surface area contributed by atoms with Crippen molar-refractivity contribution >= 4 is 11.9 Å². The Labute approximate surface area is 195 Å². The van der Waals surface area contributed by atoms with Crippen LogP contribution in [0.5, 0.6) is 5.88 Å². The lowest BCUT2D eigenvalue weighted by atomic mass is 9.53. The molecular formula is C25H37N3O5. The molecule has 4 aliphatic carbocycles. The standard InChI is InChI=1S/C21H33N3O.C4H4O4/c1-3-7-24-19(5-1)12-20(23-24)25-8-4-2-6-22-21-13-16-9-17(14-21)11-18(10-16)15-21;5-3(6)1-2-4(7)8/h12,16-18,22H,1-11,13-15H2;1-2H,(H,5,6)(H,7,8)/b;2-1-. The molecule has 8 nitrogen and oxygen atoms in total. The molecule has 1 aromatic heterocycles. The van der Waals surface area contributed by atoms with Crippen LogP contribution < -0.4 is 10.1 Å². The average molecular weight is 460 g/mol. The van der Waals surface area contributed by atoms with Crippen molar-refractivity contribution in [2.24, 2.45) is 17.8 Å². The Bertz CT molecular complexity index is 787. The van der Waals surface area contributed by atoms with Gasteiger partial charge in [0.1, 0.15) is 0 Å². The smallest absolute Gasteiger partial charge is 0.328 e. The van der Waals surface area contributed by atoms with Crippen LogP contribution in [0, 0.1) is 17.8 Å². The van der Waals surface area contributed by atoms with Crippen LogP contribution in [-0.4, -0.2) is 50.6 Å². The van der Waals surface area contributed by atoms with Crippen LogP contribution >= 0.6 is 0 Å². The fraction of sp³-hybridized carbons (Fsp3) is 0.720. The van der Waals surface area contributed by atoms with Gasteiger partial charge in [0.05, 0.1) is 6.61 Å². The van der Waals surface area contributed by atoms with Gasteiger partial charge in [0.25, 0.3) is 0 Å². The topological polar surface area (TPSA) is 114 Å². The molecule has 0 unspecified atom stereocenters. The number of carboxylic acids is 2. The van der Waals surface area contributed by atoms with Gasteiger partial charge in [-0.05, 0) is 94.9 Å². The number of nitrogens with zero attached hydrogens (tertiary/aromatic N) is 2. The number of nitrogens with one attached hydrogen (secondary N) is 1. The van der Waals surface area contributed by atoms with Crippen molar-refractivity contribution in [3.8, 4) is 5.88 Å². The van der Waals surface area contributed by atoms with E-state index in [1.165, 1.54) is 63.5 Å². The third-order valence-electron chi connectivity index (χ3n) is 7.62. The molecule has 4 fully saturated rings. The third kappa shape index (κ3) is 6.59. The largest absolute Gasteiger partial charge is 0.478 e. The van der Waals surface area contributed by atoms with Gasteiger partial charge in [-0.1, -0.05) is 0 Å². The van der Waals surface area contributed by atoms with E-state index in [0.717, 1.165) is 56.2 Å². The first-order chi connectivity index (χ1) is 15.9. The molecule has 4 bridgehead atoms. The number of rotatable bonds is 9. The van der Waals surface area contributed by atoms with E-state index in [9.17, 15) is 9.59 Å². The maximum Gasteiger partial charge on any atom is 0.328 e. The van der Waals surface area contributed by atoms with Crippen LogP contribution in [0.1, 0.15) is 69.9 Å². The minimum atomic E-state index is -1.26. The highest BCUT2D eigenvalue weighted by Crippen LogP contribution is 2.55. The van der Waals surface area contributed by atoms with Gasteiger partial charge in [0, 0.05) is 36.0 Å². The zero-order valence-corrected chi connectivity index (χ0v) is 19.4. The summed E-state index contributed by atoms with van der Waals surface area (Å²) >= 11 is 0. The number of hydrogen-bond acceptors (Lipinski definition) is 5. The van der Waals surface area contributed by atoms with Gasteiger partial charge in [0.15, 0.2) is 0 Å². The summed E-state index contributed by atoms with van der Waals surface area (Å²) in [4.78, 5) is 19.1. The number of aryl methyl sites for hydroxylation is 2. The summed E-state index contributed by atoms with van der Waals surface area (Å²) in [6.45, 7) is 3.03. The Hall–Kier alpha value is -2.35. The minimum Gasteiger partial charge on any atom is -0.478 e. The second-order valence-electron chi connectivity index (χ2n) is 10.3. The van der Waals surface area contributed by atoms with Crippen molar-refractivity contribution in [1.29, 1.82) is 0 Å². The Morgan fingerprint density at radius 1 is 1.06 bits per heavy atom. The monoisotopic (exact) mass is 459 g/mol. The number of carboxylic acid groups (broad SMARTS) is 2. The van der Waals surface area contributed by atoms with Crippen molar-refractivity contribution in [3.63, 3.8) is 0 Å². The molecule has 0 atom stereocenters. The molecular weight excluding hydrogens is 422 g/mol. The molecule has 4 saturated carbocycles. The van der Waals surface area contributed by atoms with E-state index in [-0.39, 0.29) is 0 Å². The number of carbonyl (C=O) groups is 2. The van der Waals surface area contributed by atoms with E-state index in [2.05, 4.69) is 21.2 Å². The highest BCUT2D eigenvalue weighted by atomic mass is 16.5. The summed E-state index contributed by atoms with van der Waals surface area (Å²) in [6, 6.07) is 2.15. The number of aromatic nitrogens is 2. The first-order valence-electron chi connectivity index (χ1n) is 12.5. The SMILES string of the molecule is O=C(O)/C=C\C(=O)O.c1c(OCCCCNC23CC4CC(CC(C4)C2)C3)nn2c1CCCC2. The molecule has 1 aliphatic heterocycles. The highest BCUT2D eigenvalue weighted by molar-refractivity contribution is 5.89. The highest BCUT2D eigenvalue weighted by Gasteiger charge is 2.50. The summed E-state index contributed by atoms with van der Waals surface area (Å²) in [6.07, 6.45) is 16.1. The van der Waals surface area contributed by atoms with Crippen LogP contribution in [0.4, 0.5) is 0 Å². The maximum absolute atomic E-state index is 9.55. The number of ether oxygens (including phenoxy) is 1. The van der Waals surface area contributed by atoms with Crippen molar-refractivity contribution in [1.82, 2.24) is 15.1 Å².